The summed E-state index contributed by atoms with van der Waals surface area (Å²) >= 11 is 0. The van der Waals surface area contributed by atoms with E-state index in [1.54, 1.807) is 20.8 Å². The summed E-state index contributed by atoms with van der Waals surface area (Å²) in [7, 11) is 0. The van der Waals surface area contributed by atoms with Crippen molar-refractivity contribution in [3.63, 3.8) is 0 Å². The zero-order valence-electron chi connectivity index (χ0n) is 11.7. The van der Waals surface area contributed by atoms with Gasteiger partial charge < -0.3 is 9.84 Å². The third kappa shape index (κ3) is 4.47. The normalized spacial score (nSPS) is 13.6. The first kappa shape index (κ1) is 17.0. The van der Waals surface area contributed by atoms with E-state index in [9.17, 15) is 22.8 Å². The standard InChI is InChI=1S/C14H15F3O4/c1-13(2,3)12(20)21-10(11(18)19)8-4-6-9(7-5-8)14(15,16)17/h4-7,10H,1-3H3,(H,18,19)/t10-/m1/s1. The van der Waals surface area contributed by atoms with Crippen LogP contribution in [0.15, 0.2) is 24.3 Å². The van der Waals surface area contributed by atoms with E-state index in [-0.39, 0.29) is 5.56 Å². The highest BCUT2D eigenvalue weighted by atomic mass is 19.4. The van der Waals surface area contributed by atoms with Gasteiger partial charge in [0.05, 0.1) is 11.0 Å². The number of rotatable bonds is 3. The van der Waals surface area contributed by atoms with Crippen molar-refractivity contribution < 1.29 is 32.6 Å². The van der Waals surface area contributed by atoms with Gasteiger partial charge in [0, 0.05) is 5.56 Å². The van der Waals surface area contributed by atoms with Crippen LogP contribution in [0.3, 0.4) is 0 Å². The molecule has 0 spiro atoms. The molecule has 0 aliphatic carbocycles. The van der Waals surface area contributed by atoms with Crippen LogP contribution >= 0.6 is 0 Å². The Labute approximate surface area is 119 Å². The SMILES string of the molecule is CC(C)(C)C(=O)O[C@@H](C(=O)O)c1ccc(C(F)(F)F)cc1. The number of carboxylic acid groups (broad SMARTS) is 1. The molecular weight excluding hydrogens is 289 g/mol. The third-order valence-electron chi connectivity index (χ3n) is 2.60. The molecule has 1 N–H and O–H groups in total. The van der Waals surface area contributed by atoms with Gasteiger partial charge in [-0.1, -0.05) is 12.1 Å². The van der Waals surface area contributed by atoms with Crippen LogP contribution in [0.4, 0.5) is 13.2 Å². The second kappa shape index (κ2) is 5.75. The van der Waals surface area contributed by atoms with Crippen LogP contribution in [0.2, 0.25) is 0 Å². The van der Waals surface area contributed by atoms with Gasteiger partial charge in [-0.25, -0.2) is 4.79 Å². The molecule has 0 unspecified atom stereocenters. The summed E-state index contributed by atoms with van der Waals surface area (Å²) in [6.07, 6.45) is -6.15. The van der Waals surface area contributed by atoms with Crippen molar-refractivity contribution in [3.05, 3.63) is 35.4 Å². The van der Waals surface area contributed by atoms with Gasteiger partial charge in [-0.05, 0) is 32.9 Å². The average molecular weight is 304 g/mol. The lowest BCUT2D eigenvalue weighted by Gasteiger charge is -2.21. The number of carbonyl (C=O) groups excluding carboxylic acids is 1. The number of hydrogen-bond donors (Lipinski definition) is 1. The highest BCUT2D eigenvalue weighted by Crippen LogP contribution is 2.31. The van der Waals surface area contributed by atoms with E-state index in [2.05, 4.69) is 0 Å². The summed E-state index contributed by atoms with van der Waals surface area (Å²) in [5.41, 5.74) is -1.86. The van der Waals surface area contributed by atoms with Gasteiger partial charge in [-0.3, -0.25) is 4.79 Å². The number of aliphatic carboxylic acids is 1. The van der Waals surface area contributed by atoms with Gasteiger partial charge in [0.1, 0.15) is 0 Å². The van der Waals surface area contributed by atoms with Crippen molar-refractivity contribution in [2.45, 2.75) is 33.1 Å². The maximum atomic E-state index is 12.4. The molecular formula is C14H15F3O4. The lowest BCUT2D eigenvalue weighted by molar-refractivity contribution is -0.170. The van der Waals surface area contributed by atoms with Crippen LogP contribution < -0.4 is 0 Å². The average Bonchev–Trinajstić information content (AvgIpc) is 2.33. The van der Waals surface area contributed by atoms with E-state index in [0.29, 0.717) is 0 Å². The number of hydrogen-bond acceptors (Lipinski definition) is 3. The molecule has 0 aliphatic heterocycles. The molecule has 4 nitrogen and oxygen atoms in total. The second-order valence-corrected chi connectivity index (χ2v) is 5.49. The second-order valence-electron chi connectivity index (χ2n) is 5.49. The van der Waals surface area contributed by atoms with Crippen LogP contribution in [-0.4, -0.2) is 17.0 Å². The van der Waals surface area contributed by atoms with Gasteiger partial charge in [-0.2, -0.15) is 13.2 Å². The Kier molecular flexibility index (Phi) is 4.65. The Balaban J connectivity index is 3.02. The summed E-state index contributed by atoms with van der Waals surface area (Å²) in [6.45, 7) is 4.63. The number of benzene rings is 1. The van der Waals surface area contributed by atoms with Crippen molar-refractivity contribution in [2.75, 3.05) is 0 Å². The molecule has 0 fully saturated rings. The molecule has 7 heteroatoms. The van der Waals surface area contributed by atoms with E-state index in [4.69, 9.17) is 9.84 Å². The zero-order chi connectivity index (χ0) is 16.4. The van der Waals surface area contributed by atoms with Gasteiger partial charge in [0.25, 0.3) is 0 Å². The molecule has 0 bridgehead atoms. The summed E-state index contributed by atoms with van der Waals surface area (Å²) in [4.78, 5) is 22.9. The molecule has 1 atom stereocenters. The molecule has 0 saturated carbocycles. The molecule has 116 valence electrons. The third-order valence-corrected chi connectivity index (χ3v) is 2.60. The van der Waals surface area contributed by atoms with Crippen LogP contribution in [0, 0.1) is 5.41 Å². The molecule has 1 aromatic carbocycles. The number of esters is 1. The van der Waals surface area contributed by atoms with Gasteiger partial charge in [0.2, 0.25) is 6.10 Å². The minimum Gasteiger partial charge on any atom is -0.478 e. The summed E-state index contributed by atoms with van der Waals surface area (Å²) < 4.78 is 42.2. The van der Waals surface area contributed by atoms with E-state index in [1.165, 1.54) is 0 Å². The Morgan fingerprint density at radius 2 is 1.57 bits per heavy atom. The Bertz CT molecular complexity index is 527. The summed E-state index contributed by atoms with van der Waals surface area (Å²) in [5, 5.41) is 9.07. The van der Waals surface area contributed by atoms with Crippen LogP contribution in [0.25, 0.3) is 0 Å². The fraction of sp³-hybridized carbons (Fsp3) is 0.429. The predicted molar refractivity (Wildman–Crippen MR) is 67.4 cm³/mol. The highest BCUT2D eigenvalue weighted by molar-refractivity contribution is 5.81. The lowest BCUT2D eigenvalue weighted by Crippen LogP contribution is -2.28. The molecule has 0 aliphatic rings. The first-order valence-corrected chi connectivity index (χ1v) is 6.04. The van der Waals surface area contributed by atoms with Crippen molar-refractivity contribution in [3.8, 4) is 0 Å². The number of alkyl halides is 3. The molecule has 21 heavy (non-hydrogen) atoms. The number of carbonyl (C=O) groups is 2. The molecule has 0 aromatic heterocycles. The Hall–Kier alpha value is -2.05. The summed E-state index contributed by atoms with van der Waals surface area (Å²) in [6, 6.07) is 3.46. The van der Waals surface area contributed by atoms with Crippen LogP contribution in [-0.2, 0) is 20.5 Å². The first-order valence-electron chi connectivity index (χ1n) is 6.04. The Morgan fingerprint density at radius 1 is 1.10 bits per heavy atom. The predicted octanol–water partition coefficient (Wildman–Crippen LogP) is 3.42. The monoisotopic (exact) mass is 304 g/mol. The molecule has 1 rings (SSSR count). The quantitative estimate of drug-likeness (QED) is 0.869. The van der Waals surface area contributed by atoms with E-state index in [1.807, 2.05) is 0 Å². The summed E-state index contributed by atoms with van der Waals surface area (Å²) in [5.74, 6) is -2.21. The molecule has 0 amide bonds. The number of halogens is 3. The molecule has 0 heterocycles. The van der Waals surface area contributed by atoms with Crippen LogP contribution in [0.5, 0.6) is 0 Å². The molecule has 0 saturated heterocycles. The zero-order valence-corrected chi connectivity index (χ0v) is 11.7. The molecule has 1 aromatic rings. The fourth-order valence-electron chi connectivity index (χ4n) is 1.39. The van der Waals surface area contributed by atoms with Crippen LogP contribution in [0.1, 0.15) is 38.0 Å². The van der Waals surface area contributed by atoms with Crippen molar-refractivity contribution in [1.82, 2.24) is 0 Å². The minimum atomic E-state index is -4.51. The fourth-order valence-corrected chi connectivity index (χ4v) is 1.39. The maximum absolute atomic E-state index is 12.4. The van der Waals surface area contributed by atoms with E-state index < -0.39 is 35.2 Å². The molecule has 0 radical (unpaired) electrons. The largest absolute Gasteiger partial charge is 0.478 e. The van der Waals surface area contributed by atoms with Crippen molar-refractivity contribution >= 4 is 11.9 Å². The van der Waals surface area contributed by atoms with Crippen molar-refractivity contribution in [1.29, 1.82) is 0 Å². The van der Waals surface area contributed by atoms with Gasteiger partial charge in [0.15, 0.2) is 0 Å². The minimum absolute atomic E-state index is 0.0342. The maximum Gasteiger partial charge on any atom is 0.416 e. The number of carboxylic acids is 1. The van der Waals surface area contributed by atoms with Crippen molar-refractivity contribution in [2.24, 2.45) is 5.41 Å². The smallest absolute Gasteiger partial charge is 0.416 e. The van der Waals surface area contributed by atoms with E-state index >= 15 is 0 Å². The lowest BCUT2D eigenvalue weighted by atomic mass is 9.97. The topological polar surface area (TPSA) is 63.6 Å². The van der Waals surface area contributed by atoms with Gasteiger partial charge >= 0.3 is 18.1 Å². The van der Waals surface area contributed by atoms with Gasteiger partial charge in [-0.15, -0.1) is 0 Å². The van der Waals surface area contributed by atoms with E-state index in [0.717, 1.165) is 24.3 Å². The number of ether oxygens (including phenoxy) is 1. The Morgan fingerprint density at radius 3 is 1.90 bits per heavy atom. The first-order chi connectivity index (χ1) is 9.43. The highest BCUT2D eigenvalue weighted by Gasteiger charge is 2.33.